The van der Waals surface area contributed by atoms with E-state index in [0.717, 1.165) is 48.6 Å². The van der Waals surface area contributed by atoms with Crippen LogP contribution in [0.3, 0.4) is 0 Å². The number of pyridine rings is 1. The molecular weight excluding hydrogens is 338 g/mol. The van der Waals surface area contributed by atoms with Gasteiger partial charge in [0.05, 0.1) is 12.8 Å². The number of methoxy groups -OCH3 is 1. The van der Waals surface area contributed by atoms with Crippen molar-refractivity contribution in [3.8, 4) is 5.75 Å². The number of ether oxygens (including phenoxy) is 1. The standard InChI is InChI=1S/C22H25N3O2/c1-16-9-12-25-19(15-23-21(25)13-16)18(14-22(26)24-10-5-6-11-24)17-7-3-4-8-20(17)27-2/h3-4,7-9,12-13,15,18H,5-6,10-11,14H2,1-2H3. The maximum Gasteiger partial charge on any atom is 0.223 e. The van der Waals surface area contributed by atoms with E-state index in [2.05, 4.69) is 28.4 Å². The highest BCUT2D eigenvalue weighted by Crippen LogP contribution is 2.35. The quantitative estimate of drug-likeness (QED) is 0.693. The lowest BCUT2D eigenvalue weighted by molar-refractivity contribution is -0.130. The van der Waals surface area contributed by atoms with Gasteiger partial charge in [-0.1, -0.05) is 18.2 Å². The molecule has 0 aliphatic carbocycles. The van der Waals surface area contributed by atoms with Crippen LogP contribution in [-0.2, 0) is 4.79 Å². The van der Waals surface area contributed by atoms with Crippen LogP contribution in [0.15, 0.2) is 48.8 Å². The highest BCUT2D eigenvalue weighted by molar-refractivity contribution is 5.78. The highest BCUT2D eigenvalue weighted by atomic mass is 16.5. The second-order valence-electron chi connectivity index (χ2n) is 7.20. The molecule has 2 aromatic heterocycles. The summed E-state index contributed by atoms with van der Waals surface area (Å²) in [6.45, 7) is 3.79. The van der Waals surface area contributed by atoms with Gasteiger partial charge in [0.25, 0.3) is 0 Å². The van der Waals surface area contributed by atoms with Crippen molar-refractivity contribution in [1.82, 2.24) is 14.3 Å². The van der Waals surface area contributed by atoms with Gasteiger partial charge in [0.2, 0.25) is 5.91 Å². The monoisotopic (exact) mass is 363 g/mol. The zero-order chi connectivity index (χ0) is 18.8. The van der Waals surface area contributed by atoms with Gasteiger partial charge in [0.1, 0.15) is 11.4 Å². The Labute approximate surface area is 159 Å². The Kier molecular flexibility index (Phi) is 4.84. The van der Waals surface area contributed by atoms with Crippen LogP contribution < -0.4 is 4.74 Å². The van der Waals surface area contributed by atoms with E-state index in [4.69, 9.17) is 4.74 Å². The molecule has 0 N–H and O–H groups in total. The van der Waals surface area contributed by atoms with Gasteiger partial charge in [0, 0.05) is 43.4 Å². The fraction of sp³-hybridized carbons (Fsp3) is 0.364. The average molecular weight is 363 g/mol. The largest absolute Gasteiger partial charge is 0.496 e. The molecule has 1 aliphatic rings. The molecule has 3 aromatic rings. The van der Waals surface area contributed by atoms with E-state index >= 15 is 0 Å². The molecule has 0 saturated carbocycles. The number of nitrogens with zero attached hydrogens (tertiary/aromatic N) is 3. The van der Waals surface area contributed by atoms with Crippen LogP contribution in [-0.4, -0.2) is 40.4 Å². The van der Waals surface area contributed by atoms with Crippen molar-refractivity contribution in [3.05, 3.63) is 65.6 Å². The molecule has 5 heteroatoms. The number of hydrogen-bond acceptors (Lipinski definition) is 3. The number of benzene rings is 1. The van der Waals surface area contributed by atoms with E-state index < -0.39 is 0 Å². The van der Waals surface area contributed by atoms with Gasteiger partial charge in [-0.15, -0.1) is 0 Å². The summed E-state index contributed by atoms with van der Waals surface area (Å²) in [5.74, 6) is 0.899. The van der Waals surface area contributed by atoms with E-state index in [0.29, 0.717) is 6.42 Å². The lowest BCUT2D eigenvalue weighted by Gasteiger charge is -2.23. The first kappa shape index (κ1) is 17.6. The van der Waals surface area contributed by atoms with Gasteiger partial charge in [-0.25, -0.2) is 4.98 Å². The number of fused-ring (bicyclic) bond motifs is 1. The Morgan fingerprint density at radius 1 is 1.22 bits per heavy atom. The molecule has 3 heterocycles. The number of carbonyl (C=O) groups is 1. The Balaban J connectivity index is 1.78. The van der Waals surface area contributed by atoms with Gasteiger partial charge in [-0.05, 0) is 43.5 Å². The predicted octanol–water partition coefficient (Wildman–Crippen LogP) is 3.80. The second-order valence-corrected chi connectivity index (χ2v) is 7.20. The SMILES string of the molecule is COc1ccccc1C(CC(=O)N1CCCC1)c1cnc2cc(C)ccn12. The van der Waals surface area contributed by atoms with Gasteiger partial charge in [-0.2, -0.15) is 0 Å². The number of aromatic nitrogens is 2. The number of hydrogen-bond donors (Lipinski definition) is 0. The zero-order valence-corrected chi connectivity index (χ0v) is 15.9. The van der Waals surface area contributed by atoms with Crippen molar-refractivity contribution in [2.75, 3.05) is 20.2 Å². The summed E-state index contributed by atoms with van der Waals surface area (Å²) in [6, 6.07) is 12.1. The van der Waals surface area contributed by atoms with Crippen molar-refractivity contribution >= 4 is 11.6 Å². The molecule has 4 rings (SSSR count). The molecule has 1 aromatic carbocycles. The van der Waals surface area contributed by atoms with E-state index in [1.165, 1.54) is 5.56 Å². The topological polar surface area (TPSA) is 46.8 Å². The maximum atomic E-state index is 13.0. The van der Waals surface area contributed by atoms with Gasteiger partial charge in [-0.3, -0.25) is 4.79 Å². The summed E-state index contributed by atoms with van der Waals surface area (Å²) in [5, 5.41) is 0. The van der Waals surface area contributed by atoms with Gasteiger partial charge >= 0.3 is 0 Å². The van der Waals surface area contributed by atoms with Crippen LogP contribution in [0, 0.1) is 6.92 Å². The first-order valence-electron chi connectivity index (χ1n) is 9.51. The van der Waals surface area contributed by atoms with Crippen molar-refractivity contribution in [2.24, 2.45) is 0 Å². The Bertz CT molecular complexity index is 957. The molecule has 1 atom stereocenters. The van der Waals surface area contributed by atoms with E-state index in [1.54, 1.807) is 7.11 Å². The van der Waals surface area contributed by atoms with Crippen LogP contribution in [0.4, 0.5) is 0 Å². The number of para-hydroxylation sites is 1. The van der Waals surface area contributed by atoms with Crippen molar-refractivity contribution in [2.45, 2.75) is 32.1 Å². The van der Waals surface area contributed by atoms with Crippen molar-refractivity contribution < 1.29 is 9.53 Å². The fourth-order valence-corrected chi connectivity index (χ4v) is 3.96. The number of rotatable bonds is 5. The van der Waals surface area contributed by atoms with Crippen LogP contribution in [0.5, 0.6) is 5.75 Å². The lowest BCUT2D eigenvalue weighted by atomic mass is 9.91. The Morgan fingerprint density at radius 2 is 2.00 bits per heavy atom. The fourth-order valence-electron chi connectivity index (χ4n) is 3.96. The van der Waals surface area contributed by atoms with Crippen molar-refractivity contribution in [1.29, 1.82) is 0 Å². The van der Waals surface area contributed by atoms with Gasteiger partial charge < -0.3 is 14.0 Å². The first-order valence-corrected chi connectivity index (χ1v) is 9.51. The molecule has 1 fully saturated rings. The summed E-state index contributed by atoms with van der Waals surface area (Å²) >= 11 is 0. The highest BCUT2D eigenvalue weighted by Gasteiger charge is 2.27. The Morgan fingerprint density at radius 3 is 2.78 bits per heavy atom. The molecule has 1 amide bonds. The molecule has 0 bridgehead atoms. The van der Waals surface area contributed by atoms with Crippen LogP contribution in [0.1, 0.15) is 42.0 Å². The summed E-state index contributed by atoms with van der Waals surface area (Å²) in [4.78, 5) is 19.5. The van der Waals surface area contributed by atoms with E-state index in [1.807, 2.05) is 41.6 Å². The third-order valence-corrected chi connectivity index (χ3v) is 5.41. The van der Waals surface area contributed by atoms with E-state index in [9.17, 15) is 4.79 Å². The number of amides is 1. The molecule has 1 unspecified atom stereocenters. The minimum atomic E-state index is -0.105. The summed E-state index contributed by atoms with van der Waals surface area (Å²) < 4.78 is 7.69. The molecule has 27 heavy (non-hydrogen) atoms. The Hall–Kier alpha value is -2.82. The normalized spacial score (nSPS) is 15.3. The third kappa shape index (κ3) is 3.42. The minimum absolute atomic E-state index is 0.105. The average Bonchev–Trinajstić information content (AvgIpc) is 3.36. The van der Waals surface area contributed by atoms with Gasteiger partial charge in [0.15, 0.2) is 0 Å². The zero-order valence-electron chi connectivity index (χ0n) is 15.9. The predicted molar refractivity (Wildman–Crippen MR) is 105 cm³/mol. The minimum Gasteiger partial charge on any atom is -0.496 e. The summed E-state index contributed by atoms with van der Waals surface area (Å²) in [5.41, 5.74) is 4.11. The third-order valence-electron chi connectivity index (χ3n) is 5.41. The lowest BCUT2D eigenvalue weighted by Crippen LogP contribution is -2.29. The van der Waals surface area contributed by atoms with Crippen LogP contribution in [0.25, 0.3) is 5.65 Å². The molecule has 140 valence electrons. The second kappa shape index (κ2) is 7.43. The first-order chi connectivity index (χ1) is 13.2. The number of carbonyl (C=O) groups excluding carboxylic acids is 1. The molecular formula is C22H25N3O2. The smallest absolute Gasteiger partial charge is 0.223 e. The van der Waals surface area contributed by atoms with E-state index in [-0.39, 0.29) is 11.8 Å². The van der Waals surface area contributed by atoms with Crippen molar-refractivity contribution in [3.63, 3.8) is 0 Å². The molecule has 0 spiro atoms. The van der Waals surface area contributed by atoms with Crippen LogP contribution >= 0.6 is 0 Å². The summed E-state index contributed by atoms with van der Waals surface area (Å²) in [7, 11) is 1.68. The number of likely N-dealkylation sites (tertiary alicyclic amines) is 1. The summed E-state index contributed by atoms with van der Waals surface area (Å²) in [6.07, 6.45) is 6.54. The number of aryl methyl sites for hydroxylation is 1. The van der Waals surface area contributed by atoms with Crippen LogP contribution in [0.2, 0.25) is 0 Å². The molecule has 0 radical (unpaired) electrons. The number of imidazole rings is 1. The maximum absolute atomic E-state index is 13.0. The molecule has 5 nitrogen and oxygen atoms in total. The molecule has 1 saturated heterocycles. The molecule has 1 aliphatic heterocycles.